The van der Waals surface area contributed by atoms with E-state index in [-0.39, 0.29) is 5.82 Å². The average Bonchev–Trinajstić information content (AvgIpc) is 3.34. The lowest BCUT2D eigenvalue weighted by Crippen LogP contribution is -1.92. The lowest BCUT2D eigenvalue weighted by Gasteiger charge is -2.04. The van der Waals surface area contributed by atoms with Crippen molar-refractivity contribution in [3.8, 4) is 32.8 Å². The predicted molar refractivity (Wildman–Crippen MR) is 107 cm³/mol. The molecule has 0 aliphatic rings. The molecule has 0 fully saturated rings. The summed E-state index contributed by atoms with van der Waals surface area (Å²) in [5.74, 6) is -0.267. The highest BCUT2D eigenvalue weighted by Crippen LogP contribution is 2.31. The van der Waals surface area contributed by atoms with Crippen LogP contribution in [-0.2, 0) is 0 Å². The number of aromatic nitrogens is 5. The van der Waals surface area contributed by atoms with E-state index in [1.165, 1.54) is 23.5 Å². The minimum absolute atomic E-state index is 0.267. The van der Waals surface area contributed by atoms with Gasteiger partial charge in [-0.2, -0.15) is 5.10 Å². The summed E-state index contributed by atoms with van der Waals surface area (Å²) >= 11 is 1.34. The summed E-state index contributed by atoms with van der Waals surface area (Å²) in [6.45, 7) is 0. The smallest absolute Gasteiger partial charge is 0.203 e. The molecule has 0 saturated heterocycles. The third-order valence-electron chi connectivity index (χ3n) is 4.40. The molecular formula is C20H13FN6S. The van der Waals surface area contributed by atoms with Gasteiger partial charge in [0.05, 0.1) is 6.20 Å². The maximum atomic E-state index is 13.2. The number of nitrogens with zero attached hydrogens (tertiary/aromatic N) is 5. The van der Waals surface area contributed by atoms with Crippen molar-refractivity contribution in [3.63, 3.8) is 0 Å². The second kappa shape index (κ2) is 6.50. The number of fused-ring (bicyclic) bond motifs is 1. The zero-order valence-electron chi connectivity index (χ0n) is 14.5. The Labute approximate surface area is 163 Å². The Balaban J connectivity index is 1.56. The van der Waals surface area contributed by atoms with Crippen LogP contribution in [0, 0.1) is 5.82 Å². The summed E-state index contributed by atoms with van der Waals surface area (Å²) < 4.78 is 14.9. The van der Waals surface area contributed by atoms with Crippen molar-refractivity contribution in [2.24, 2.45) is 0 Å². The highest BCUT2D eigenvalue weighted by Gasteiger charge is 2.12. The lowest BCUT2D eigenvalue weighted by molar-refractivity contribution is 0.628. The van der Waals surface area contributed by atoms with Crippen molar-refractivity contribution in [1.29, 1.82) is 0 Å². The molecule has 2 aromatic carbocycles. The van der Waals surface area contributed by atoms with Crippen LogP contribution in [0.25, 0.3) is 38.5 Å². The van der Waals surface area contributed by atoms with Crippen LogP contribution in [0.4, 0.5) is 9.52 Å². The molecule has 28 heavy (non-hydrogen) atoms. The summed E-state index contributed by atoms with van der Waals surface area (Å²) in [5, 5.41) is 13.6. The Hall–Kier alpha value is -3.65. The van der Waals surface area contributed by atoms with Gasteiger partial charge in [-0.1, -0.05) is 41.7 Å². The van der Waals surface area contributed by atoms with Gasteiger partial charge in [-0.15, -0.1) is 10.2 Å². The van der Waals surface area contributed by atoms with Crippen molar-refractivity contribution < 1.29 is 4.39 Å². The van der Waals surface area contributed by atoms with Crippen molar-refractivity contribution in [3.05, 3.63) is 72.9 Å². The standard InChI is InChI=1S/C20H13FN6S/c21-16-6-4-12(5-7-16)15-9-23-18-17(10-24-27(18)11-15)13-2-1-3-14(8-13)19-25-26-20(22)28-19/h1-11H,(H2,22,26). The molecule has 5 rings (SSSR count). The number of halogens is 1. The molecule has 0 aliphatic carbocycles. The third kappa shape index (κ3) is 2.89. The van der Waals surface area contributed by atoms with Crippen LogP contribution in [0.3, 0.4) is 0 Å². The summed E-state index contributed by atoms with van der Waals surface area (Å²) in [6, 6.07) is 14.3. The Kier molecular flexibility index (Phi) is 3.84. The number of benzene rings is 2. The first-order chi connectivity index (χ1) is 13.7. The number of hydrogen-bond acceptors (Lipinski definition) is 6. The van der Waals surface area contributed by atoms with Gasteiger partial charge in [-0.05, 0) is 29.3 Å². The van der Waals surface area contributed by atoms with Gasteiger partial charge in [0.15, 0.2) is 5.65 Å². The first-order valence-corrected chi connectivity index (χ1v) is 9.28. The molecule has 0 atom stereocenters. The van der Waals surface area contributed by atoms with Crippen molar-refractivity contribution >= 4 is 22.1 Å². The average molecular weight is 388 g/mol. The largest absolute Gasteiger partial charge is 0.374 e. The number of rotatable bonds is 3. The van der Waals surface area contributed by atoms with Crippen LogP contribution in [0.5, 0.6) is 0 Å². The zero-order chi connectivity index (χ0) is 19.1. The quantitative estimate of drug-likeness (QED) is 0.498. The molecule has 3 heterocycles. The number of anilines is 1. The molecule has 6 nitrogen and oxygen atoms in total. The van der Waals surface area contributed by atoms with E-state index in [0.29, 0.717) is 5.13 Å². The third-order valence-corrected chi connectivity index (χ3v) is 5.20. The fourth-order valence-corrected chi connectivity index (χ4v) is 3.65. The number of hydrogen-bond donors (Lipinski definition) is 1. The van der Waals surface area contributed by atoms with Gasteiger partial charge in [0.1, 0.15) is 10.8 Å². The van der Waals surface area contributed by atoms with Crippen LogP contribution in [-0.4, -0.2) is 24.8 Å². The van der Waals surface area contributed by atoms with Gasteiger partial charge in [-0.25, -0.2) is 13.9 Å². The SMILES string of the molecule is Nc1nnc(-c2cccc(-c3cnn4cc(-c5ccc(F)cc5)cnc34)c2)s1. The van der Waals surface area contributed by atoms with Crippen LogP contribution in [0.2, 0.25) is 0 Å². The molecule has 136 valence electrons. The summed E-state index contributed by atoms with van der Waals surface area (Å²) in [6.07, 6.45) is 5.43. The van der Waals surface area contributed by atoms with Crippen LogP contribution < -0.4 is 5.73 Å². The molecule has 0 amide bonds. The van der Waals surface area contributed by atoms with Crippen LogP contribution in [0.1, 0.15) is 0 Å². The first kappa shape index (κ1) is 16.5. The molecule has 8 heteroatoms. The molecule has 2 N–H and O–H groups in total. The van der Waals surface area contributed by atoms with Crippen molar-refractivity contribution in [1.82, 2.24) is 24.8 Å². The molecule has 0 spiro atoms. The summed E-state index contributed by atoms with van der Waals surface area (Å²) in [7, 11) is 0. The normalized spacial score (nSPS) is 11.2. The van der Waals surface area contributed by atoms with Gasteiger partial charge in [0, 0.05) is 29.1 Å². The van der Waals surface area contributed by atoms with Crippen molar-refractivity contribution in [2.45, 2.75) is 0 Å². The molecule has 0 unspecified atom stereocenters. The van der Waals surface area contributed by atoms with E-state index >= 15 is 0 Å². The van der Waals surface area contributed by atoms with Gasteiger partial charge in [0.2, 0.25) is 5.13 Å². The Morgan fingerprint density at radius 3 is 2.50 bits per heavy atom. The fourth-order valence-electron chi connectivity index (χ4n) is 3.04. The Bertz CT molecular complexity index is 1290. The lowest BCUT2D eigenvalue weighted by atomic mass is 10.1. The van der Waals surface area contributed by atoms with E-state index in [2.05, 4.69) is 20.3 Å². The van der Waals surface area contributed by atoms with Crippen molar-refractivity contribution in [2.75, 3.05) is 5.73 Å². The van der Waals surface area contributed by atoms with E-state index in [9.17, 15) is 4.39 Å². The molecule has 0 aliphatic heterocycles. The minimum Gasteiger partial charge on any atom is -0.374 e. The second-order valence-corrected chi connectivity index (χ2v) is 7.21. The first-order valence-electron chi connectivity index (χ1n) is 8.46. The fraction of sp³-hybridized carbons (Fsp3) is 0. The van der Waals surface area contributed by atoms with E-state index in [1.54, 1.807) is 29.0 Å². The molecule has 0 saturated carbocycles. The highest BCUT2D eigenvalue weighted by molar-refractivity contribution is 7.18. The Morgan fingerprint density at radius 2 is 1.71 bits per heavy atom. The predicted octanol–water partition coefficient (Wildman–Crippen LogP) is 4.30. The maximum Gasteiger partial charge on any atom is 0.203 e. The second-order valence-electron chi connectivity index (χ2n) is 6.20. The van der Waals surface area contributed by atoms with E-state index in [0.717, 1.165) is 38.5 Å². The zero-order valence-corrected chi connectivity index (χ0v) is 15.3. The molecule has 5 aromatic rings. The van der Waals surface area contributed by atoms with E-state index < -0.39 is 0 Å². The van der Waals surface area contributed by atoms with E-state index in [4.69, 9.17) is 5.73 Å². The maximum absolute atomic E-state index is 13.2. The van der Waals surface area contributed by atoms with E-state index in [1.807, 2.05) is 30.5 Å². The minimum atomic E-state index is -0.267. The molecule has 0 bridgehead atoms. The Morgan fingerprint density at radius 1 is 0.893 bits per heavy atom. The van der Waals surface area contributed by atoms with Gasteiger partial charge in [-0.3, -0.25) is 0 Å². The highest BCUT2D eigenvalue weighted by atomic mass is 32.1. The number of nitrogens with two attached hydrogens (primary N) is 1. The topological polar surface area (TPSA) is 82.0 Å². The summed E-state index contributed by atoms with van der Waals surface area (Å²) in [4.78, 5) is 4.58. The molecule has 3 aromatic heterocycles. The van der Waals surface area contributed by atoms with Gasteiger partial charge >= 0.3 is 0 Å². The summed E-state index contributed by atoms with van der Waals surface area (Å²) in [5.41, 5.74) is 11.0. The molecular weight excluding hydrogens is 375 g/mol. The van der Waals surface area contributed by atoms with Crippen LogP contribution in [0.15, 0.2) is 67.1 Å². The molecule has 0 radical (unpaired) electrons. The number of nitrogen functional groups attached to an aromatic ring is 1. The monoisotopic (exact) mass is 388 g/mol. The van der Waals surface area contributed by atoms with Gasteiger partial charge < -0.3 is 5.73 Å². The van der Waals surface area contributed by atoms with Gasteiger partial charge in [0.25, 0.3) is 0 Å². The van der Waals surface area contributed by atoms with Crippen LogP contribution >= 0.6 is 11.3 Å².